The van der Waals surface area contributed by atoms with E-state index in [1.54, 1.807) is 6.20 Å². The maximum Gasteiger partial charge on any atom is 0.158 e. The summed E-state index contributed by atoms with van der Waals surface area (Å²) in [6.07, 6.45) is 3.66. The van der Waals surface area contributed by atoms with Crippen LogP contribution in [0.1, 0.15) is 0 Å². The summed E-state index contributed by atoms with van der Waals surface area (Å²) in [5.74, 6) is 0.876. The lowest BCUT2D eigenvalue weighted by Gasteiger charge is -2.00. The summed E-state index contributed by atoms with van der Waals surface area (Å²) in [4.78, 5) is 8.52. The average molecular weight is 238 g/mol. The molecule has 0 unspecified atom stereocenters. The Kier molecular flexibility index (Phi) is 2.14. The first-order valence-corrected chi connectivity index (χ1v) is 4.67. The van der Waals surface area contributed by atoms with Gasteiger partial charge in [0, 0.05) is 19.4 Å². The van der Waals surface area contributed by atoms with Crippen molar-refractivity contribution in [3.63, 3.8) is 0 Å². The predicted octanol–water partition coefficient (Wildman–Crippen LogP) is 2.24. The molecule has 2 rings (SSSR count). The fraction of sp³-hybridized carbons (Fsp3) is 0.111. The van der Waals surface area contributed by atoms with Crippen LogP contribution in [0.25, 0.3) is 11.5 Å². The zero-order valence-corrected chi connectivity index (χ0v) is 8.69. The van der Waals surface area contributed by atoms with Gasteiger partial charge >= 0.3 is 0 Å². The van der Waals surface area contributed by atoms with E-state index in [1.807, 2.05) is 36.0 Å². The van der Waals surface area contributed by atoms with Gasteiger partial charge in [-0.1, -0.05) is 6.07 Å². The monoisotopic (exact) mass is 237 g/mol. The van der Waals surface area contributed by atoms with E-state index >= 15 is 0 Å². The number of halogens is 1. The molecule has 4 heteroatoms. The largest absolute Gasteiger partial charge is 0.333 e. The van der Waals surface area contributed by atoms with Gasteiger partial charge in [-0.05, 0) is 28.1 Å². The first-order chi connectivity index (χ1) is 6.27. The standard InChI is InChI=1S/C9H8BrN3/c1-13-6-5-11-9(13)7-3-2-4-8(10)12-7/h2-6H,1H3. The van der Waals surface area contributed by atoms with E-state index in [1.165, 1.54) is 0 Å². The molecule has 0 saturated heterocycles. The van der Waals surface area contributed by atoms with Gasteiger partial charge in [-0.2, -0.15) is 0 Å². The van der Waals surface area contributed by atoms with E-state index in [-0.39, 0.29) is 0 Å². The highest BCUT2D eigenvalue weighted by molar-refractivity contribution is 9.10. The van der Waals surface area contributed by atoms with Crippen molar-refractivity contribution in [2.24, 2.45) is 7.05 Å². The highest BCUT2D eigenvalue weighted by Crippen LogP contribution is 2.16. The molecule has 2 aromatic heterocycles. The smallest absolute Gasteiger partial charge is 0.158 e. The van der Waals surface area contributed by atoms with Crippen LogP contribution in [0, 0.1) is 0 Å². The van der Waals surface area contributed by atoms with Crippen molar-refractivity contribution < 1.29 is 0 Å². The second-order valence-corrected chi connectivity index (χ2v) is 3.52. The fourth-order valence-electron chi connectivity index (χ4n) is 1.15. The van der Waals surface area contributed by atoms with Crippen LogP contribution in [0.2, 0.25) is 0 Å². The summed E-state index contributed by atoms with van der Waals surface area (Å²) in [5, 5.41) is 0. The normalized spacial score (nSPS) is 10.3. The predicted molar refractivity (Wildman–Crippen MR) is 54.1 cm³/mol. The molecule has 0 radical (unpaired) electrons. The quantitative estimate of drug-likeness (QED) is 0.713. The minimum atomic E-state index is 0.827. The molecule has 2 heterocycles. The summed E-state index contributed by atoms with van der Waals surface area (Å²) in [7, 11) is 1.95. The van der Waals surface area contributed by atoms with E-state index in [0.29, 0.717) is 0 Å². The second-order valence-electron chi connectivity index (χ2n) is 2.71. The summed E-state index contributed by atoms with van der Waals surface area (Å²) in [5.41, 5.74) is 0.877. The van der Waals surface area contributed by atoms with Gasteiger partial charge in [0.2, 0.25) is 0 Å². The number of aromatic nitrogens is 3. The molecule has 0 aliphatic rings. The lowest BCUT2D eigenvalue weighted by molar-refractivity contribution is 0.916. The maximum atomic E-state index is 4.31. The number of imidazole rings is 1. The number of nitrogens with zero attached hydrogens (tertiary/aromatic N) is 3. The summed E-state index contributed by atoms with van der Waals surface area (Å²) in [6, 6.07) is 5.78. The highest BCUT2D eigenvalue weighted by atomic mass is 79.9. The fourth-order valence-corrected chi connectivity index (χ4v) is 1.49. The van der Waals surface area contributed by atoms with Crippen molar-refractivity contribution in [2.45, 2.75) is 0 Å². The topological polar surface area (TPSA) is 30.7 Å². The lowest BCUT2D eigenvalue weighted by Crippen LogP contribution is -1.93. The average Bonchev–Trinajstić information content (AvgIpc) is 2.51. The molecular formula is C9H8BrN3. The van der Waals surface area contributed by atoms with E-state index in [9.17, 15) is 0 Å². The third kappa shape index (κ3) is 1.62. The van der Waals surface area contributed by atoms with Crippen molar-refractivity contribution >= 4 is 15.9 Å². The van der Waals surface area contributed by atoms with Crippen LogP contribution < -0.4 is 0 Å². The van der Waals surface area contributed by atoms with E-state index in [0.717, 1.165) is 16.1 Å². The Hall–Kier alpha value is -1.16. The number of rotatable bonds is 1. The molecule has 0 spiro atoms. The molecule has 0 bridgehead atoms. The van der Waals surface area contributed by atoms with Crippen LogP contribution in [0.5, 0.6) is 0 Å². The molecule has 0 amide bonds. The Morgan fingerprint density at radius 3 is 2.85 bits per heavy atom. The molecule has 0 N–H and O–H groups in total. The highest BCUT2D eigenvalue weighted by Gasteiger charge is 2.03. The Labute approximate surface area is 84.6 Å². The Balaban J connectivity index is 2.53. The number of hydrogen-bond acceptors (Lipinski definition) is 2. The SMILES string of the molecule is Cn1ccnc1-c1cccc(Br)n1. The molecule has 0 atom stereocenters. The Bertz CT molecular complexity index is 422. The van der Waals surface area contributed by atoms with Crippen molar-refractivity contribution in [1.82, 2.24) is 14.5 Å². The van der Waals surface area contributed by atoms with Crippen LogP contribution in [0.3, 0.4) is 0 Å². The number of hydrogen-bond donors (Lipinski definition) is 0. The zero-order chi connectivity index (χ0) is 9.26. The van der Waals surface area contributed by atoms with Crippen molar-refractivity contribution in [3.05, 3.63) is 35.2 Å². The van der Waals surface area contributed by atoms with Gasteiger partial charge in [-0.25, -0.2) is 9.97 Å². The maximum absolute atomic E-state index is 4.31. The minimum absolute atomic E-state index is 0.827. The second kappa shape index (κ2) is 3.30. The van der Waals surface area contributed by atoms with Gasteiger partial charge in [0.25, 0.3) is 0 Å². The molecule has 0 aromatic carbocycles. The van der Waals surface area contributed by atoms with Gasteiger partial charge in [0.05, 0.1) is 0 Å². The first-order valence-electron chi connectivity index (χ1n) is 3.87. The summed E-state index contributed by atoms with van der Waals surface area (Å²) >= 11 is 3.32. The molecule has 66 valence electrons. The molecule has 3 nitrogen and oxygen atoms in total. The first kappa shape index (κ1) is 8.44. The number of pyridine rings is 1. The Morgan fingerprint density at radius 2 is 2.23 bits per heavy atom. The van der Waals surface area contributed by atoms with Gasteiger partial charge in [0.15, 0.2) is 5.82 Å². The van der Waals surface area contributed by atoms with Crippen LogP contribution in [0.15, 0.2) is 35.2 Å². The third-order valence-electron chi connectivity index (χ3n) is 1.77. The van der Waals surface area contributed by atoms with Gasteiger partial charge in [-0.3, -0.25) is 0 Å². The molecular weight excluding hydrogens is 230 g/mol. The minimum Gasteiger partial charge on any atom is -0.333 e. The van der Waals surface area contributed by atoms with Crippen LogP contribution >= 0.6 is 15.9 Å². The van der Waals surface area contributed by atoms with Gasteiger partial charge < -0.3 is 4.57 Å². The Morgan fingerprint density at radius 1 is 1.38 bits per heavy atom. The van der Waals surface area contributed by atoms with Crippen molar-refractivity contribution in [3.8, 4) is 11.5 Å². The number of aryl methyl sites for hydroxylation is 1. The summed E-state index contributed by atoms with van der Waals surface area (Å²) < 4.78 is 2.77. The van der Waals surface area contributed by atoms with Crippen molar-refractivity contribution in [1.29, 1.82) is 0 Å². The van der Waals surface area contributed by atoms with E-state index < -0.39 is 0 Å². The zero-order valence-electron chi connectivity index (χ0n) is 7.11. The molecule has 0 fully saturated rings. The van der Waals surface area contributed by atoms with Gasteiger partial charge in [0.1, 0.15) is 10.3 Å². The molecule has 13 heavy (non-hydrogen) atoms. The molecule has 0 aliphatic heterocycles. The van der Waals surface area contributed by atoms with E-state index in [2.05, 4.69) is 25.9 Å². The molecule has 0 saturated carbocycles. The van der Waals surface area contributed by atoms with Crippen molar-refractivity contribution in [2.75, 3.05) is 0 Å². The van der Waals surface area contributed by atoms with Crippen LogP contribution in [0.4, 0.5) is 0 Å². The lowest BCUT2D eigenvalue weighted by atomic mass is 10.3. The van der Waals surface area contributed by atoms with E-state index in [4.69, 9.17) is 0 Å². The third-order valence-corrected chi connectivity index (χ3v) is 2.21. The van der Waals surface area contributed by atoms with Crippen LogP contribution in [-0.4, -0.2) is 14.5 Å². The van der Waals surface area contributed by atoms with Crippen LogP contribution in [-0.2, 0) is 7.05 Å². The molecule has 0 aliphatic carbocycles. The summed E-state index contributed by atoms with van der Waals surface area (Å²) in [6.45, 7) is 0. The van der Waals surface area contributed by atoms with Gasteiger partial charge in [-0.15, -0.1) is 0 Å². The molecule has 2 aromatic rings.